The quantitative estimate of drug-likeness (QED) is 0.841. The Hall–Kier alpha value is -2.68. The third-order valence-corrected chi connectivity index (χ3v) is 2.64. The van der Waals surface area contributed by atoms with E-state index in [0.29, 0.717) is 5.69 Å². The number of nitrogens with one attached hydrogen (secondary N) is 1. The first kappa shape index (κ1) is 16.4. The standard InChI is InChI=1S/C15H17N3O3/c1-3-11-5-7-13(8-6-11)17-10-12(9-16)14(19)18-15(20)21-4-2/h5-8,10,12H,3-4H2,1-2H3,(H,18,19,20). The van der Waals surface area contributed by atoms with Crippen LogP contribution in [0, 0.1) is 17.2 Å². The SMILES string of the molecule is CCOC(=O)NC(=O)C(C#N)C=Nc1ccc(CC)cc1. The summed E-state index contributed by atoms with van der Waals surface area (Å²) in [7, 11) is 0. The Bertz CT molecular complexity index is 559. The van der Waals surface area contributed by atoms with Gasteiger partial charge in [-0.3, -0.25) is 15.1 Å². The first-order valence-corrected chi connectivity index (χ1v) is 6.61. The van der Waals surface area contributed by atoms with Gasteiger partial charge >= 0.3 is 6.09 Å². The van der Waals surface area contributed by atoms with E-state index in [0.717, 1.165) is 6.42 Å². The van der Waals surface area contributed by atoms with E-state index in [-0.39, 0.29) is 6.61 Å². The highest BCUT2D eigenvalue weighted by Gasteiger charge is 2.18. The number of alkyl carbamates (subject to hydrolysis) is 1. The van der Waals surface area contributed by atoms with Crippen LogP contribution in [-0.2, 0) is 16.0 Å². The van der Waals surface area contributed by atoms with E-state index in [1.54, 1.807) is 25.1 Å². The molecule has 6 nitrogen and oxygen atoms in total. The Labute approximate surface area is 123 Å². The number of ether oxygens (including phenoxy) is 1. The van der Waals surface area contributed by atoms with Crippen LogP contribution < -0.4 is 5.32 Å². The number of hydrogen-bond acceptors (Lipinski definition) is 5. The second kappa shape index (κ2) is 8.48. The monoisotopic (exact) mass is 287 g/mol. The molecule has 1 aromatic rings. The Morgan fingerprint density at radius 1 is 1.38 bits per heavy atom. The smallest absolute Gasteiger partial charge is 0.413 e. The van der Waals surface area contributed by atoms with Gasteiger partial charge in [0.2, 0.25) is 0 Å². The van der Waals surface area contributed by atoms with Crippen LogP contribution in [0.5, 0.6) is 0 Å². The predicted molar refractivity (Wildman–Crippen MR) is 78.2 cm³/mol. The van der Waals surface area contributed by atoms with Crippen molar-refractivity contribution in [2.45, 2.75) is 20.3 Å². The third kappa shape index (κ3) is 5.45. The molecule has 0 aliphatic carbocycles. The first-order valence-electron chi connectivity index (χ1n) is 6.61. The second-order valence-electron chi connectivity index (χ2n) is 4.11. The fraction of sp³-hybridized carbons (Fsp3) is 0.333. The molecular formula is C15H17N3O3. The van der Waals surface area contributed by atoms with E-state index in [9.17, 15) is 9.59 Å². The molecule has 1 N–H and O–H groups in total. The minimum Gasteiger partial charge on any atom is -0.450 e. The Balaban J connectivity index is 2.68. The molecule has 0 fully saturated rings. The highest BCUT2D eigenvalue weighted by Crippen LogP contribution is 2.13. The van der Waals surface area contributed by atoms with Crippen LogP contribution in [0.1, 0.15) is 19.4 Å². The molecular weight excluding hydrogens is 270 g/mol. The summed E-state index contributed by atoms with van der Waals surface area (Å²) in [6.07, 6.45) is 1.26. The molecule has 110 valence electrons. The lowest BCUT2D eigenvalue weighted by Gasteiger charge is -2.05. The van der Waals surface area contributed by atoms with Crippen molar-refractivity contribution < 1.29 is 14.3 Å². The summed E-state index contributed by atoms with van der Waals surface area (Å²) >= 11 is 0. The highest BCUT2D eigenvalue weighted by atomic mass is 16.5. The summed E-state index contributed by atoms with van der Waals surface area (Å²) in [5, 5.41) is 10.9. The maximum atomic E-state index is 11.7. The lowest BCUT2D eigenvalue weighted by molar-refractivity contribution is -0.121. The van der Waals surface area contributed by atoms with Crippen molar-refractivity contribution in [3.05, 3.63) is 29.8 Å². The van der Waals surface area contributed by atoms with Gasteiger partial charge in [0.1, 0.15) is 0 Å². The molecule has 0 aliphatic rings. The molecule has 0 aromatic heterocycles. The van der Waals surface area contributed by atoms with Crippen molar-refractivity contribution in [2.24, 2.45) is 10.9 Å². The summed E-state index contributed by atoms with van der Waals surface area (Å²) in [4.78, 5) is 26.8. The normalized spacial score (nSPS) is 11.7. The predicted octanol–water partition coefficient (Wildman–Crippen LogP) is 2.36. The molecule has 1 atom stereocenters. The zero-order valence-corrected chi connectivity index (χ0v) is 12.0. The molecule has 0 heterocycles. The van der Waals surface area contributed by atoms with Gasteiger partial charge in [-0.25, -0.2) is 4.79 Å². The number of imide groups is 1. The molecule has 0 saturated heterocycles. The number of aliphatic imine (C=N–C) groups is 1. The molecule has 0 spiro atoms. The van der Waals surface area contributed by atoms with E-state index in [4.69, 9.17) is 5.26 Å². The number of benzene rings is 1. The summed E-state index contributed by atoms with van der Waals surface area (Å²) in [5.74, 6) is -1.91. The van der Waals surface area contributed by atoms with Gasteiger partial charge in [0.25, 0.3) is 5.91 Å². The Kier molecular flexibility index (Phi) is 6.61. The van der Waals surface area contributed by atoms with Gasteiger partial charge in [0, 0.05) is 6.21 Å². The number of nitrogens with zero attached hydrogens (tertiary/aromatic N) is 2. The number of rotatable bonds is 5. The van der Waals surface area contributed by atoms with Crippen molar-refractivity contribution in [1.82, 2.24) is 5.32 Å². The van der Waals surface area contributed by atoms with Gasteiger partial charge < -0.3 is 4.74 Å². The van der Waals surface area contributed by atoms with Crippen LogP contribution in [0.4, 0.5) is 10.5 Å². The molecule has 0 bridgehead atoms. The molecule has 2 amide bonds. The number of amides is 2. The number of carbonyl (C=O) groups excluding carboxylic acids is 2. The van der Waals surface area contributed by atoms with E-state index in [2.05, 4.69) is 9.73 Å². The van der Waals surface area contributed by atoms with Gasteiger partial charge in [-0.05, 0) is 31.0 Å². The van der Waals surface area contributed by atoms with E-state index in [1.807, 2.05) is 24.4 Å². The molecule has 0 saturated carbocycles. The van der Waals surface area contributed by atoms with Crippen LogP contribution in [0.3, 0.4) is 0 Å². The van der Waals surface area contributed by atoms with Gasteiger partial charge in [-0.2, -0.15) is 5.26 Å². The first-order chi connectivity index (χ1) is 10.1. The lowest BCUT2D eigenvalue weighted by atomic mass is 10.1. The van der Waals surface area contributed by atoms with Crippen molar-refractivity contribution in [3.63, 3.8) is 0 Å². The van der Waals surface area contributed by atoms with Gasteiger partial charge in [-0.1, -0.05) is 19.1 Å². The minimum absolute atomic E-state index is 0.147. The molecule has 21 heavy (non-hydrogen) atoms. The summed E-state index contributed by atoms with van der Waals surface area (Å²) in [6.45, 7) is 3.81. The maximum Gasteiger partial charge on any atom is 0.413 e. The Morgan fingerprint density at radius 3 is 2.57 bits per heavy atom. The van der Waals surface area contributed by atoms with E-state index >= 15 is 0 Å². The van der Waals surface area contributed by atoms with Crippen LogP contribution in [-0.4, -0.2) is 24.8 Å². The van der Waals surface area contributed by atoms with Crippen LogP contribution in [0.15, 0.2) is 29.3 Å². The number of carbonyl (C=O) groups is 2. The fourth-order valence-electron chi connectivity index (χ4n) is 1.48. The molecule has 1 unspecified atom stereocenters. The van der Waals surface area contributed by atoms with Crippen molar-refractivity contribution in [3.8, 4) is 6.07 Å². The van der Waals surface area contributed by atoms with Gasteiger partial charge in [0.15, 0.2) is 5.92 Å². The maximum absolute atomic E-state index is 11.7. The lowest BCUT2D eigenvalue weighted by Crippen LogP contribution is -2.36. The van der Waals surface area contributed by atoms with Crippen molar-refractivity contribution >= 4 is 23.9 Å². The zero-order valence-electron chi connectivity index (χ0n) is 12.0. The topological polar surface area (TPSA) is 91.5 Å². The average molecular weight is 287 g/mol. The third-order valence-electron chi connectivity index (χ3n) is 2.64. The highest BCUT2D eigenvalue weighted by molar-refractivity contribution is 6.03. The van der Waals surface area contributed by atoms with Gasteiger partial charge in [0.05, 0.1) is 18.4 Å². The van der Waals surface area contributed by atoms with Crippen LogP contribution in [0.25, 0.3) is 0 Å². The number of hydrogen-bond donors (Lipinski definition) is 1. The number of nitriles is 1. The Morgan fingerprint density at radius 2 is 2.05 bits per heavy atom. The number of aryl methyl sites for hydroxylation is 1. The fourth-order valence-corrected chi connectivity index (χ4v) is 1.48. The second-order valence-corrected chi connectivity index (χ2v) is 4.11. The largest absolute Gasteiger partial charge is 0.450 e. The molecule has 1 aromatic carbocycles. The van der Waals surface area contributed by atoms with Crippen LogP contribution in [0.2, 0.25) is 0 Å². The average Bonchev–Trinajstić information content (AvgIpc) is 2.48. The van der Waals surface area contributed by atoms with E-state index in [1.165, 1.54) is 11.8 Å². The summed E-state index contributed by atoms with van der Waals surface area (Å²) in [6, 6.07) is 9.22. The molecule has 6 heteroatoms. The van der Waals surface area contributed by atoms with Crippen LogP contribution >= 0.6 is 0 Å². The summed E-state index contributed by atoms with van der Waals surface area (Å²) in [5.41, 5.74) is 1.81. The van der Waals surface area contributed by atoms with Gasteiger partial charge in [-0.15, -0.1) is 0 Å². The molecule has 1 rings (SSSR count). The molecule has 0 radical (unpaired) electrons. The zero-order chi connectivity index (χ0) is 15.7. The van der Waals surface area contributed by atoms with Crippen molar-refractivity contribution in [1.29, 1.82) is 5.26 Å². The molecule has 0 aliphatic heterocycles. The summed E-state index contributed by atoms with van der Waals surface area (Å²) < 4.78 is 4.57. The van der Waals surface area contributed by atoms with Crippen molar-refractivity contribution in [2.75, 3.05) is 6.61 Å². The van der Waals surface area contributed by atoms with E-state index < -0.39 is 17.9 Å². The minimum atomic E-state index is -1.15.